The minimum absolute atomic E-state index is 0.0328. The van der Waals surface area contributed by atoms with Crippen LogP contribution in [0.15, 0.2) is 94.2 Å². The molecule has 1 aliphatic heterocycles. The van der Waals surface area contributed by atoms with Crippen molar-refractivity contribution in [3.8, 4) is 0 Å². The van der Waals surface area contributed by atoms with Crippen LogP contribution in [0.2, 0.25) is 0 Å². The predicted molar refractivity (Wildman–Crippen MR) is 135 cm³/mol. The molecule has 0 radical (unpaired) electrons. The van der Waals surface area contributed by atoms with Crippen molar-refractivity contribution in [2.24, 2.45) is 0 Å². The van der Waals surface area contributed by atoms with E-state index < -0.39 is 16.7 Å². The second kappa shape index (κ2) is 9.00. The van der Waals surface area contributed by atoms with Crippen molar-refractivity contribution in [1.82, 2.24) is 0 Å². The second-order valence-electron chi connectivity index (χ2n) is 8.01. The van der Waals surface area contributed by atoms with Crippen molar-refractivity contribution < 1.29 is 23.5 Å². The standard InChI is InChI=1S/C28H23NO5S/c1-29-20-16-10-11-17-21(20)35-28(18-12-6-4-7-13-18,19-14-8-5-9-15-19)25-23(29)22(26(30)32-2)24(34-25)27(31)33-3/h4-17H,1-3H3. The summed E-state index contributed by atoms with van der Waals surface area (Å²) in [6, 6.07) is 27.8. The summed E-state index contributed by atoms with van der Waals surface area (Å²) in [6.45, 7) is 0. The molecule has 5 rings (SSSR count). The van der Waals surface area contributed by atoms with Crippen LogP contribution >= 0.6 is 11.8 Å². The molecule has 0 atom stereocenters. The van der Waals surface area contributed by atoms with Gasteiger partial charge in [0.15, 0.2) is 5.76 Å². The molecule has 176 valence electrons. The Morgan fingerprint density at radius 1 is 0.800 bits per heavy atom. The molecule has 0 amide bonds. The number of hydrogen-bond acceptors (Lipinski definition) is 7. The lowest BCUT2D eigenvalue weighted by Gasteiger charge is -2.32. The summed E-state index contributed by atoms with van der Waals surface area (Å²) in [5, 5.41) is 0. The van der Waals surface area contributed by atoms with E-state index in [1.807, 2.05) is 96.9 Å². The lowest BCUT2D eigenvalue weighted by atomic mass is 9.86. The number of anilines is 2. The van der Waals surface area contributed by atoms with Gasteiger partial charge in [-0.2, -0.15) is 0 Å². The first-order valence-electron chi connectivity index (χ1n) is 11.0. The maximum atomic E-state index is 13.1. The molecule has 1 aliphatic rings. The predicted octanol–water partition coefficient (Wildman–Crippen LogP) is 6.02. The third-order valence-corrected chi connectivity index (χ3v) is 7.68. The molecule has 3 aromatic carbocycles. The molecule has 0 bridgehead atoms. The van der Waals surface area contributed by atoms with Gasteiger partial charge in [-0.1, -0.05) is 84.6 Å². The van der Waals surface area contributed by atoms with Gasteiger partial charge < -0.3 is 18.8 Å². The van der Waals surface area contributed by atoms with Gasteiger partial charge in [0.05, 0.1) is 19.9 Å². The van der Waals surface area contributed by atoms with E-state index in [0.29, 0.717) is 11.4 Å². The van der Waals surface area contributed by atoms with Gasteiger partial charge in [0.2, 0.25) is 5.76 Å². The largest absolute Gasteiger partial charge is 0.465 e. The monoisotopic (exact) mass is 485 g/mol. The first kappa shape index (κ1) is 22.8. The Kier molecular flexibility index (Phi) is 5.86. The average Bonchev–Trinajstić information content (AvgIpc) is 3.28. The quantitative estimate of drug-likeness (QED) is 0.328. The van der Waals surface area contributed by atoms with Gasteiger partial charge in [0.25, 0.3) is 0 Å². The summed E-state index contributed by atoms with van der Waals surface area (Å²) in [5.41, 5.74) is 3.23. The highest BCUT2D eigenvalue weighted by molar-refractivity contribution is 8.00. The van der Waals surface area contributed by atoms with Crippen molar-refractivity contribution in [2.45, 2.75) is 9.64 Å². The van der Waals surface area contributed by atoms with Crippen LogP contribution in [0.1, 0.15) is 37.8 Å². The SMILES string of the molecule is COC(=O)c1oc2c(c1C(=O)OC)N(C)c1ccccc1SC2(c1ccccc1)c1ccccc1. The maximum Gasteiger partial charge on any atom is 0.374 e. The third-order valence-electron chi connectivity index (χ3n) is 6.15. The first-order valence-corrected chi connectivity index (χ1v) is 11.8. The van der Waals surface area contributed by atoms with Crippen molar-refractivity contribution in [3.05, 3.63) is 113 Å². The van der Waals surface area contributed by atoms with E-state index in [2.05, 4.69) is 0 Å². The molecule has 0 aliphatic carbocycles. The Bertz CT molecular complexity index is 1360. The molecule has 35 heavy (non-hydrogen) atoms. The first-order chi connectivity index (χ1) is 17.0. The second-order valence-corrected chi connectivity index (χ2v) is 9.27. The smallest absolute Gasteiger partial charge is 0.374 e. The number of furan rings is 1. The fourth-order valence-electron chi connectivity index (χ4n) is 4.55. The van der Waals surface area contributed by atoms with Gasteiger partial charge in [0.1, 0.15) is 16.0 Å². The molecule has 2 heterocycles. The molecule has 1 aromatic heterocycles. The Labute approximate surface area is 207 Å². The normalized spacial score (nSPS) is 13.9. The van der Waals surface area contributed by atoms with Crippen LogP contribution in [0.25, 0.3) is 0 Å². The van der Waals surface area contributed by atoms with Crippen molar-refractivity contribution >= 4 is 35.1 Å². The van der Waals surface area contributed by atoms with Gasteiger partial charge in [-0.05, 0) is 23.3 Å². The van der Waals surface area contributed by atoms with E-state index in [1.165, 1.54) is 14.2 Å². The van der Waals surface area contributed by atoms with Crippen molar-refractivity contribution in [1.29, 1.82) is 0 Å². The van der Waals surface area contributed by atoms with E-state index in [-0.39, 0.29) is 11.3 Å². The lowest BCUT2D eigenvalue weighted by molar-refractivity contribution is 0.0527. The minimum atomic E-state index is -0.923. The minimum Gasteiger partial charge on any atom is -0.465 e. The fourth-order valence-corrected chi connectivity index (χ4v) is 6.08. The zero-order valence-electron chi connectivity index (χ0n) is 19.5. The zero-order valence-corrected chi connectivity index (χ0v) is 20.3. The highest BCUT2D eigenvalue weighted by atomic mass is 32.2. The molecular weight excluding hydrogens is 462 g/mol. The summed E-state index contributed by atoms with van der Waals surface area (Å²) < 4.78 is 15.6. The summed E-state index contributed by atoms with van der Waals surface area (Å²) in [6.07, 6.45) is 0. The van der Waals surface area contributed by atoms with E-state index in [1.54, 1.807) is 11.8 Å². The molecular formula is C28H23NO5S. The number of hydrogen-bond donors (Lipinski definition) is 0. The van der Waals surface area contributed by atoms with E-state index >= 15 is 0 Å². The van der Waals surface area contributed by atoms with Crippen LogP contribution in [-0.2, 0) is 14.2 Å². The number of methoxy groups -OCH3 is 2. The number of ether oxygens (including phenoxy) is 2. The van der Waals surface area contributed by atoms with Crippen LogP contribution in [0, 0.1) is 0 Å². The highest BCUT2D eigenvalue weighted by Crippen LogP contribution is 2.60. The van der Waals surface area contributed by atoms with Crippen molar-refractivity contribution in [2.75, 3.05) is 26.2 Å². The highest BCUT2D eigenvalue weighted by Gasteiger charge is 2.49. The Balaban J connectivity index is 1.99. The number of para-hydroxylation sites is 1. The summed E-state index contributed by atoms with van der Waals surface area (Å²) in [7, 11) is 4.39. The molecule has 0 saturated carbocycles. The van der Waals surface area contributed by atoms with Gasteiger partial charge in [-0.25, -0.2) is 9.59 Å². The molecule has 0 saturated heterocycles. The van der Waals surface area contributed by atoms with Crippen LogP contribution in [0.3, 0.4) is 0 Å². The van der Waals surface area contributed by atoms with Gasteiger partial charge in [-0.3, -0.25) is 0 Å². The summed E-state index contributed by atoms with van der Waals surface area (Å²) in [4.78, 5) is 28.8. The van der Waals surface area contributed by atoms with Gasteiger partial charge in [0, 0.05) is 11.9 Å². The lowest BCUT2D eigenvalue weighted by Crippen LogP contribution is -2.26. The molecule has 0 spiro atoms. The molecule has 4 aromatic rings. The number of carbonyl (C=O) groups is 2. The molecule has 6 nitrogen and oxygen atoms in total. The maximum absolute atomic E-state index is 13.1. The Morgan fingerprint density at radius 3 is 1.91 bits per heavy atom. The van der Waals surface area contributed by atoms with Crippen molar-refractivity contribution in [3.63, 3.8) is 0 Å². The van der Waals surface area contributed by atoms with E-state index in [9.17, 15) is 9.59 Å². The van der Waals surface area contributed by atoms with Crippen LogP contribution in [0.5, 0.6) is 0 Å². The fraction of sp³-hybridized carbons (Fsp3) is 0.143. The molecule has 0 unspecified atom stereocenters. The Hall–Kier alpha value is -3.97. The summed E-state index contributed by atoms with van der Waals surface area (Å²) in [5.74, 6) is -1.17. The van der Waals surface area contributed by atoms with E-state index in [4.69, 9.17) is 13.9 Å². The number of thioether (sulfide) groups is 1. The third kappa shape index (κ3) is 3.51. The van der Waals surface area contributed by atoms with Gasteiger partial charge >= 0.3 is 11.9 Å². The van der Waals surface area contributed by atoms with Crippen LogP contribution < -0.4 is 4.90 Å². The molecule has 0 fully saturated rings. The number of fused-ring (bicyclic) bond motifs is 2. The zero-order chi connectivity index (χ0) is 24.6. The van der Waals surface area contributed by atoms with Crippen LogP contribution in [-0.4, -0.2) is 33.2 Å². The molecule has 7 heteroatoms. The van der Waals surface area contributed by atoms with E-state index in [0.717, 1.165) is 21.7 Å². The number of esters is 2. The van der Waals surface area contributed by atoms with Gasteiger partial charge in [-0.15, -0.1) is 0 Å². The Morgan fingerprint density at radius 2 is 1.34 bits per heavy atom. The number of carbonyl (C=O) groups excluding carboxylic acids is 2. The number of rotatable bonds is 4. The average molecular weight is 486 g/mol. The molecule has 0 N–H and O–H groups in total. The summed E-state index contributed by atoms with van der Waals surface area (Å²) >= 11 is 1.60. The van der Waals surface area contributed by atoms with Crippen LogP contribution in [0.4, 0.5) is 11.4 Å². The number of benzene rings is 3. The topological polar surface area (TPSA) is 69.0 Å². The number of nitrogens with zero attached hydrogens (tertiary/aromatic N) is 1.